The fourth-order valence-electron chi connectivity index (χ4n) is 0.883. The van der Waals surface area contributed by atoms with Crippen LogP contribution < -0.4 is 9.47 Å². The maximum absolute atomic E-state index is 5.34. The van der Waals surface area contributed by atoms with Gasteiger partial charge in [0.2, 0.25) is 0 Å². The summed E-state index contributed by atoms with van der Waals surface area (Å²) in [4.78, 5) is 0. The van der Waals surface area contributed by atoms with Crippen molar-refractivity contribution < 1.29 is 9.47 Å². The number of methoxy groups -OCH3 is 1. The van der Waals surface area contributed by atoms with Gasteiger partial charge in [0.1, 0.15) is 18.1 Å². The number of benzene rings is 1. The minimum atomic E-state index is 0.420. The van der Waals surface area contributed by atoms with Crippen molar-refractivity contribution in [2.75, 3.05) is 13.7 Å². The van der Waals surface area contributed by atoms with E-state index in [1.54, 1.807) is 14.0 Å². The molecule has 0 atom stereocenters. The van der Waals surface area contributed by atoms with Crippen molar-refractivity contribution in [1.29, 1.82) is 0 Å². The third-order valence-electron chi connectivity index (χ3n) is 1.53. The Labute approximate surface area is 92.2 Å². The molecule has 0 radical (unpaired) electrons. The van der Waals surface area contributed by atoms with E-state index in [0.29, 0.717) is 6.61 Å². The van der Waals surface area contributed by atoms with Gasteiger partial charge in [-0.2, -0.15) is 0 Å². The summed E-state index contributed by atoms with van der Waals surface area (Å²) >= 11 is 0. The Morgan fingerprint density at radius 1 is 1.20 bits per heavy atom. The van der Waals surface area contributed by atoms with Crippen molar-refractivity contribution in [3.63, 3.8) is 0 Å². The summed E-state index contributed by atoms with van der Waals surface area (Å²) in [5.41, 5.74) is 0. The zero-order chi connectivity index (χ0) is 11.5. The fourth-order valence-corrected chi connectivity index (χ4v) is 0.883. The molecule has 0 aliphatic rings. The van der Waals surface area contributed by atoms with Crippen LogP contribution in [0, 0.1) is 11.8 Å². The van der Waals surface area contributed by atoms with Crippen molar-refractivity contribution in [3.05, 3.63) is 24.3 Å². The maximum Gasteiger partial charge on any atom is 0.149 e. The van der Waals surface area contributed by atoms with Crippen LogP contribution in [0.2, 0.25) is 0 Å². The quantitative estimate of drug-likeness (QED) is 0.707. The third-order valence-corrected chi connectivity index (χ3v) is 1.53. The normalized spacial score (nSPS) is 7.73. The second kappa shape index (κ2) is 8.96. The van der Waals surface area contributed by atoms with Gasteiger partial charge in [-0.15, -0.1) is 5.92 Å². The molecule has 0 aromatic heterocycles. The molecule has 15 heavy (non-hydrogen) atoms. The van der Waals surface area contributed by atoms with Crippen molar-refractivity contribution in [3.8, 4) is 23.3 Å². The van der Waals surface area contributed by atoms with Crippen LogP contribution in [-0.2, 0) is 0 Å². The fraction of sp³-hybridized carbons (Fsp3) is 0.385. The highest BCUT2D eigenvalue weighted by Crippen LogP contribution is 2.18. The topological polar surface area (TPSA) is 18.5 Å². The van der Waals surface area contributed by atoms with Crippen LogP contribution in [0.3, 0.4) is 0 Å². The van der Waals surface area contributed by atoms with Crippen LogP contribution in [0.25, 0.3) is 0 Å². The van der Waals surface area contributed by atoms with Crippen molar-refractivity contribution in [1.82, 2.24) is 0 Å². The second-order valence-corrected chi connectivity index (χ2v) is 2.39. The van der Waals surface area contributed by atoms with Gasteiger partial charge in [0.05, 0.1) is 7.11 Å². The Balaban J connectivity index is 0.000000921. The molecule has 0 bridgehead atoms. The smallest absolute Gasteiger partial charge is 0.149 e. The lowest BCUT2D eigenvalue weighted by molar-refractivity contribution is 0.363. The van der Waals surface area contributed by atoms with E-state index in [-0.39, 0.29) is 0 Å². The van der Waals surface area contributed by atoms with Crippen molar-refractivity contribution >= 4 is 0 Å². The second-order valence-electron chi connectivity index (χ2n) is 2.39. The highest BCUT2D eigenvalue weighted by atomic mass is 16.5. The zero-order valence-electron chi connectivity index (χ0n) is 9.83. The van der Waals surface area contributed by atoms with E-state index >= 15 is 0 Å². The highest BCUT2D eigenvalue weighted by Gasteiger charge is 1.94. The Hall–Kier alpha value is -1.62. The van der Waals surface area contributed by atoms with Crippen LogP contribution in [0.5, 0.6) is 11.5 Å². The maximum atomic E-state index is 5.34. The van der Waals surface area contributed by atoms with Gasteiger partial charge in [0.15, 0.2) is 0 Å². The van der Waals surface area contributed by atoms with Crippen LogP contribution in [0.15, 0.2) is 24.3 Å². The monoisotopic (exact) mass is 206 g/mol. The molecule has 0 aliphatic heterocycles. The predicted molar refractivity (Wildman–Crippen MR) is 63.3 cm³/mol. The number of hydrogen-bond acceptors (Lipinski definition) is 2. The first-order valence-corrected chi connectivity index (χ1v) is 5.03. The van der Waals surface area contributed by atoms with Gasteiger partial charge in [0.25, 0.3) is 0 Å². The van der Waals surface area contributed by atoms with Crippen LogP contribution in [0.1, 0.15) is 20.8 Å². The molecule has 0 spiro atoms. The van der Waals surface area contributed by atoms with Gasteiger partial charge < -0.3 is 9.47 Å². The Bertz CT molecular complexity index is 321. The van der Waals surface area contributed by atoms with E-state index in [2.05, 4.69) is 11.8 Å². The number of hydrogen-bond donors (Lipinski definition) is 0. The first-order chi connectivity index (χ1) is 7.36. The molecule has 0 fully saturated rings. The van der Waals surface area contributed by atoms with Gasteiger partial charge in [-0.1, -0.05) is 25.8 Å². The van der Waals surface area contributed by atoms with Gasteiger partial charge in [0, 0.05) is 6.07 Å². The third kappa shape index (κ3) is 5.64. The largest absolute Gasteiger partial charge is 0.497 e. The minimum Gasteiger partial charge on any atom is -0.497 e. The molecule has 1 aromatic carbocycles. The van der Waals surface area contributed by atoms with E-state index in [1.165, 1.54) is 0 Å². The molecule has 82 valence electrons. The average Bonchev–Trinajstić information content (AvgIpc) is 2.32. The van der Waals surface area contributed by atoms with E-state index in [4.69, 9.17) is 9.47 Å². The SMILES string of the molecule is CC.CC#CCOc1cccc(OC)c1. The molecule has 0 aliphatic carbocycles. The van der Waals surface area contributed by atoms with Gasteiger partial charge in [-0.05, 0) is 19.1 Å². The number of rotatable bonds is 3. The molecule has 0 N–H and O–H groups in total. The first-order valence-electron chi connectivity index (χ1n) is 5.03. The minimum absolute atomic E-state index is 0.420. The number of ether oxygens (including phenoxy) is 2. The standard InChI is InChI=1S/C11H12O2.C2H6/c1-3-4-8-13-11-7-5-6-10(9-11)12-2;1-2/h5-7,9H,8H2,1-2H3;1-2H3. The molecule has 0 unspecified atom stereocenters. The zero-order valence-corrected chi connectivity index (χ0v) is 9.83. The Kier molecular flexibility index (Phi) is 7.99. The molecular weight excluding hydrogens is 188 g/mol. The van der Waals surface area contributed by atoms with E-state index < -0.39 is 0 Å². The Morgan fingerprint density at radius 3 is 2.47 bits per heavy atom. The molecule has 2 nitrogen and oxygen atoms in total. The molecule has 0 saturated heterocycles. The Morgan fingerprint density at radius 2 is 1.87 bits per heavy atom. The first kappa shape index (κ1) is 13.4. The van der Waals surface area contributed by atoms with Crippen molar-refractivity contribution in [2.24, 2.45) is 0 Å². The molecule has 0 heterocycles. The summed E-state index contributed by atoms with van der Waals surface area (Å²) in [5.74, 6) is 7.15. The highest BCUT2D eigenvalue weighted by molar-refractivity contribution is 5.33. The summed E-state index contributed by atoms with van der Waals surface area (Å²) in [7, 11) is 1.63. The molecular formula is C13H18O2. The van der Waals surface area contributed by atoms with E-state index in [9.17, 15) is 0 Å². The van der Waals surface area contributed by atoms with E-state index in [1.807, 2.05) is 38.1 Å². The summed E-state index contributed by atoms with van der Waals surface area (Å²) in [6.07, 6.45) is 0. The molecule has 0 amide bonds. The van der Waals surface area contributed by atoms with Gasteiger partial charge in [-0.25, -0.2) is 0 Å². The lowest BCUT2D eigenvalue weighted by Crippen LogP contribution is -1.93. The van der Waals surface area contributed by atoms with E-state index in [0.717, 1.165) is 11.5 Å². The summed E-state index contributed by atoms with van der Waals surface area (Å²) < 4.78 is 10.4. The molecule has 2 heteroatoms. The lowest BCUT2D eigenvalue weighted by Gasteiger charge is -2.03. The lowest BCUT2D eigenvalue weighted by atomic mass is 10.3. The van der Waals surface area contributed by atoms with Crippen LogP contribution in [0.4, 0.5) is 0 Å². The summed E-state index contributed by atoms with van der Waals surface area (Å²) in [5, 5.41) is 0. The summed E-state index contributed by atoms with van der Waals surface area (Å²) in [6, 6.07) is 7.46. The summed E-state index contributed by atoms with van der Waals surface area (Å²) in [6.45, 7) is 6.21. The van der Waals surface area contributed by atoms with Crippen LogP contribution >= 0.6 is 0 Å². The van der Waals surface area contributed by atoms with Gasteiger partial charge >= 0.3 is 0 Å². The molecule has 1 aromatic rings. The van der Waals surface area contributed by atoms with Crippen molar-refractivity contribution in [2.45, 2.75) is 20.8 Å². The predicted octanol–water partition coefficient (Wildman–Crippen LogP) is 3.12. The average molecular weight is 206 g/mol. The molecule has 0 saturated carbocycles. The molecule has 1 rings (SSSR count). The van der Waals surface area contributed by atoms with Crippen LogP contribution in [-0.4, -0.2) is 13.7 Å². The van der Waals surface area contributed by atoms with Gasteiger partial charge in [-0.3, -0.25) is 0 Å².